The first-order chi connectivity index (χ1) is 18.6. The molecule has 3 aromatic rings. The summed E-state index contributed by atoms with van der Waals surface area (Å²) in [5.74, 6) is -0.245. The fourth-order valence-corrected chi connectivity index (χ4v) is 5.63. The number of carbonyl (C=O) groups is 2. The number of likely N-dealkylation sites (N-methyl/N-ethyl adjacent to an activating group) is 1. The summed E-state index contributed by atoms with van der Waals surface area (Å²) in [6.07, 6.45) is 0.368. The number of amides is 2. The monoisotopic (exact) mass is 551 g/mol. The van der Waals surface area contributed by atoms with E-state index in [9.17, 15) is 18.0 Å². The molecule has 8 nitrogen and oxygen atoms in total. The molecule has 3 aromatic carbocycles. The van der Waals surface area contributed by atoms with Gasteiger partial charge in [0.15, 0.2) is 0 Å². The normalized spacial score (nSPS) is 11.9. The zero-order valence-corrected chi connectivity index (χ0v) is 24.0. The molecule has 0 saturated carbocycles. The van der Waals surface area contributed by atoms with E-state index in [-0.39, 0.29) is 17.3 Å². The third-order valence-corrected chi connectivity index (χ3v) is 8.22. The second kappa shape index (κ2) is 13.3. The van der Waals surface area contributed by atoms with E-state index in [1.807, 2.05) is 52.0 Å². The van der Waals surface area contributed by atoms with Crippen molar-refractivity contribution in [1.82, 2.24) is 10.2 Å². The van der Waals surface area contributed by atoms with Crippen LogP contribution in [0.3, 0.4) is 0 Å². The molecule has 0 bridgehead atoms. The summed E-state index contributed by atoms with van der Waals surface area (Å²) in [6.45, 7) is 7.69. The molecule has 39 heavy (non-hydrogen) atoms. The number of anilines is 1. The molecule has 0 radical (unpaired) electrons. The summed E-state index contributed by atoms with van der Waals surface area (Å²) in [6, 6.07) is 20.0. The van der Waals surface area contributed by atoms with Crippen LogP contribution in [0.4, 0.5) is 5.69 Å². The van der Waals surface area contributed by atoms with Crippen LogP contribution in [0, 0.1) is 13.8 Å². The Labute approximate surface area is 231 Å². The number of ether oxygens (including phenoxy) is 1. The van der Waals surface area contributed by atoms with Gasteiger partial charge in [0.05, 0.1) is 17.2 Å². The van der Waals surface area contributed by atoms with Crippen molar-refractivity contribution in [2.75, 3.05) is 24.5 Å². The third-order valence-electron chi connectivity index (χ3n) is 6.43. The molecule has 0 aliphatic carbocycles. The lowest BCUT2D eigenvalue weighted by molar-refractivity contribution is -0.140. The van der Waals surface area contributed by atoms with Crippen LogP contribution in [0.15, 0.2) is 77.7 Å². The van der Waals surface area contributed by atoms with E-state index in [1.54, 1.807) is 36.4 Å². The lowest BCUT2D eigenvalue weighted by Crippen LogP contribution is -2.51. The standard InChI is InChI=1S/C30H37N3O5S/c1-6-28(30(35)31-5)32(20-24-12-8-22(3)9-13-24)29(34)21-33(25-14-10-23(4)11-15-25)39(36,37)27-18-16-26(17-19-27)38-7-2/h8-19,28H,6-7,20-21H2,1-5H3,(H,31,35)/t28-/m0/s1. The molecular weight excluding hydrogens is 514 g/mol. The highest BCUT2D eigenvalue weighted by Gasteiger charge is 2.33. The molecule has 0 aliphatic rings. The van der Waals surface area contributed by atoms with Gasteiger partial charge in [0.2, 0.25) is 11.8 Å². The average Bonchev–Trinajstić information content (AvgIpc) is 2.93. The summed E-state index contributed by atoms with van der Waals surface area (Å²) >= 11 is 0. The van der Waals surface area contributed by atoms with E-state index in [2.05, 4.69) is 5.32 Å². The SMILES string of the molecule is CCOc1ccc(S(=O)(=O)N(CC(=O)N(Cc2ccc(C)cc2)[C@@H](CC)C(=O)NC)c2ccc(C)cc2)cc1. The van der Waals surface area contributed by atoms with Crippen molar-refractivity contribution in [2.24, 2.45) is 0 Å². The van der Waals surface area contributed by atoms with E-state index in [4.69, 9.17) is 4.74 Å². The molecule has 9 heteroatoms. The number of nitrogens with one attached hydrogen (secondary N) is 1. The highest BCUT2D eigenvalue weighted by Crippen LogP contribution is 2.26. The van der Waals surface area contributed by atoms with Crippen molar-refractivity contribution in [3.8, 4) is 5.75 Å². The molecular formula is C30H37N3O5S. The average molecular weight is 552 g/mol. The Morgan fingerprint density at radius 2 is 1.44 bits per heavy atom. The maximum absolute atomic E-state index is 13.9. The molecule has 1 atom stereocenters. The minimum absolute atomic E-state index is 0.0303. The number of hydrogen-bond donors (Lipinski definition) is 1. The Kier molecular flexibility index (Phi) is 10.1. The van der Waals surface area contributed by atoms with Gasteiger partial charge < -0.3 is 15.0 Å². The molecule has 3 rings (SSSR count). The molecule has 2 amide bonds. The van der Waals surface area contributed by atoms with Crippen molar-refractivity contribution in [1.29, 1.82) is 0 Å². The van der Waals surface area contributed by atoms with Crippen molar-refractivity contribution in [3.63, 3.8) is 0 Å². The summed E-state index contributed by atoms with van der Waals surface area (Å²) in [4.78, 5) is 28.2. The van der Waals surface area contributed by atoms with E-state index in [1.165, 1.54) is 24.1 Å². The van der Waals surface area contributed by atoms with Crippen LogP contribution in [-0.2, 0) is 26.2 Å². The number of nitrogens with zero attached hydrogens (tertiary/aromatic N) is 2. The zero-order chi connectivity index (χ0) is 28.6. The van der Waals surface area contributed by atoms with Gasteiger partial charge in [0.25, 0.3) is 10.0 Å². The minimum atomic E-state index is -4.13. The molecule has 0 spiro atoms. The number of benzene rings is 3. The van der Waals surface area contributed by atoms with E-state index >= 15 is 0 Å². The summed E-state index contributed by atoms with van der Waals surface area (Å²) in [5.41, 5.74) is 3.22. The molecule has 0 heterocycles. The predicted octanol–water partition coefficient (Wildman–Crippen LogP) is 4.45. The Balaban J connectivity index is 2.03. The van der Waals surface area contributed by atoms with Gasteiger partial charge in [0.1, 0.15) is 18.3 Å². The fraction of sp³-hybridized carbons (Fsp3) is 0.333. The van der Waals surface area contributed by atoms with Gasteiger partial charge in [-0.2, -0.15) is 0 Å². The van der Waals surface area contributed by atoms with Crippen LogP contribution < -0.4 is 14.4 Å². The molecule has 208 valence electrons. The van der Waals surface area contributed by atoms with Gasteiger partial charge in [0, 0.05) is 13.6 Å². The van der Waals surface area contributed by atoms with Crippen molar-refractivity contribution < 1.29 is 22.7 Å². The molecule has 0 unspecified atom stereocenters. The molecule has 0 aliphatic heterocycles. The first kappa shape index (κ1) is 29.7. The smallest absolute Gasteiger partial charge is 0.264 e. The number of hydrogen-bond acceptors (Lipinski definition) is 5. The lowest BCUT2D eigenvalue weighted by Gasteiger charge is -2.33. The van der Waals surface area contributed by atoms with Crippen LogP contribution in [0.2, 0.25) is 0 Å². The number of carbonyl (C=O) groups excluding carboxylic acids is 2. The highest BCUT2D eigenvalue weighted by molar-refractivity contribution is 7.92. The maximum Gasteiger partial charge on any atom is 0.264 e. The van der Waals surface area contributed by atoms with Gasteiger partial charge in [-0.3, -0.25) is 13.9 Å². The maximum atomic E-state index is 13.9. The van der Waals surface area contributed by atoms with Gasteiger partial charge in [-0.15, -0.1) is 0 Å². The van der Waals surface area contributed by atoms with Crippen molar-refractivity contribution in [2.45, 2.75) is 51.6 Å². The van der Waals surface area contributed by atoms with Gasteiger partial charge in [-0.05, 0) is 69.2 Å². The summed E-state index contributed by atoms with van der Waals surface area (Å²) in [5, 5.41) is 2.63. The van der Waals surface area contributed by atoms with Gasteiger partial charge >= 0.3 is 0 Å². The van der Waals surface area contributed by atoms with E-state index in [0.717, 1.165) is 21.0 Å². The summed E-state index contributed by atoms with van der Waals surface area (Å²) in [7, 11) is -2.61. The fourth-order valence-electron chi connectivity index (χ4n) is 4.22. The quantitative estimate of drug-likeness (QED) is 0.359. The molecule has 0 fully saturated rings. The first-order valence-corrected chi connectivity index (χ1v) is 14.4. The van der Waals surface area contributed by atoms with E-state index in [0.29, 0.717) is 24.5 Å². The highest BCUT2D eigenvalue weighted by atomic mass is 32.2. The number of rotatable bonds is 12. The lowest BCUT2D eigenvalue weighted by atomic mass is 10.1. The van der Waals surface area contributed by atoms with Gasteiger partial charge in [-0.1, -0.05) is 54.4 Å². The summed E-state index contributed by atoms with van der Waals surface area (Å²) < 4.78 is 34.4. The van der Waals surface area contributed by atoms with Crippen molar-refractivity contribution >= 4 is 27.5 Å². The van der Waals surface area contributed by atoms with E-state index < -0.39 is 28.5 Å². The first-order valence-electron chi connectivity index (χ1n) is 13.0. The Morgan fingerprint density at radius 1 is 0.872 bits per heavy atom. The predicted molar refractivity (Wildman–Crippen MR) is 153 cm³/mol. The van der Waals surface area contributed by atoms with Crippen LogP contribution in [0.5, 0.6) is 5.75 Å². The molecule has 0 saturated heterocycles. The number of aryl methyl sites for hydroxylation is 2. The van der Waals surface area contributed by atoms with Crippen molar-refractivity contribution in [3.05, 3.63) is 89.5 Å². The second-order valence-electron chi connectivity index (χ2n) is 9.30. The zero-order valence-electron chi connectivity index (χ0n) is 23.2. The number of sulfonamides is 1. The van der Waals surface area contributed by atoms with Crippen LogP contribution in [0.1, 0.15) is 37.0 Å². The Hall–Kier alpha value is -3.85. The third kappa shape index (κ3) is 7.38. The minimum Gasteiger partial charge on any atom is -0.494 e. The van der Waals surface area contributed by atoms with Crippen LogP contribution in [-0.4, -0.2) is 51.4 Å². The Bertz CT molecular complexity index is 1360. The molecule has 1 N–H and O–H groups in total. The molecule has 0 aromatic heterocycles. The van der Waals surface area contributed by atoms with Crippen LogP contribution in [0.25, 0.3) is 0 Å². The van der Waals surface area contributed by atoms with Crippen LogP contribution >= 0.6 is 0 Å². The second-order valence-corrected chi connectivity index (χ2v) is 11.2. The Morgan fingerprint density at radius 3 is 1.95 bits per heavy atom. The largest absolute Gasteiger partial charge is 0.494 e. The van der Waals surface area contributed by atoms with Gasteiger partial charge in [-0.25, -0.2) is 8.42 Å². The topological polar surface area (TPSA) is 96.0 Å².